The Morgan fingerprint density at radius 3 is 2.47 bits per heavy atom. The van der Waals surface area contributed by atoms with Crippen LogP contribution in [0.2, 0.25) is 0 Å². The van der Waals surface area contributed by atoms with Gasteiger partial charge < -0.3 is 0 Å². The Morgan fingerprint density at radius 1 is 1.03 bits per heavy atom. The first-order chi connectivity index (χ1) is 14.1. The summed E-state index contributed by atoms with van der Waals surface area (Å²) >= 11 is 0. The number of alkyl halides is 3. The number of aromatic nitrogens is 4. The monoisotopic (exact) mass is 414 g/mol. The number of halogens is 3. The number of rotatable bonds is 3. The van der Waals surface area contributed by atoms with Crippen molar-refractivity contribution in [1.29, 1.82) is 0 Å². The summed E-state index contributed by atoms with van der Waals surface area (Å²) < 4.78 is 43.7. The van der Waals surface area contributed by atoms with Gasteiger partial charge in [-0.1, -0.05) is 12.1 Å². The van der Waals surface area contributed by atoms with Crippen LogP contribution in [0.5, 0.6) is 0 Å². The van der Waals surface area contributed by atoms with Crippen LogP contribution < -0.4 is 11.1 Å². The summed E-state index contributed by atoms with van der Waals surface area (Å²) in [5, 5.41) is 0. The van der Waals surface area contributed by atoms with Crippen molar-refractivity contribution < 1.29 is 13.2 Å². The molecule has 0 unspecified atom stereocenters. The molecule has 0 aliphatic heterocycles. The zero-order valence-electron chi connectivity index (χ0n) is 16.1. The Bertz CT molecular complexity index is 1380. The van der Waals surface area contributed by atoms with Crippen LogP contribution in [-0.2, 0) is 12.7 Å². The first kappa shape index (κ1) is 19.7. The minimum Gasteiger partial charge on any atom is -0.290 e. The van der Waals surface area contributed by atoms with Crippen molar-refractivity contribution >= 4 is 5.52 Å². The van der Waals surface area contributed by atoms with Crippen molar-refractivity contribution in [1.82, 2.24) is 18.5 Å². The fourth-order valence-corrected chi connectivity index (χ4v) is 3.33. The third-order valence-corrected chi connectivity index (χ3v) is 4.96. The van der Waals surface area contributed by atoms with E-state index in [1.165, 1.54) is 45.8 Å². The molecule has 0 aliphatic carbocycles. The molecule has 0 spiro atoms. The molecule has 1 aromatic carbocycles. The van der Waals surface area contributed by atoms with Gasteiger partial charge in [0, 0.05) is 12.3 Å². The highest BCUT2D eigenvalue weighted by molar-refractivity contribution is 5.47. The number of benzene rings is 1. The number of hydrogen-bond donors (Lipinski definition) is 0. The van der Waals surface area contributed by atoms with Crippen molar-refractivity contribution in [2.24, 2.45) is 0 Å². The summed E-state index contributed by atoms with van der Waals surface area (Å²) in [6.07, 6.45) is 0.154. The van der Waals surface area contributed by atoms with Crippen molar-refractivity contribution in [3.63, 3.8) is 0 Å². The molecule has 0 fully saturated rings. The molecule has 3 aromatic heterocycles. The van der Waals surface area contributed by atoms with E-state index < -0.39 is 17.3 Å². The van der Waals surface area contributed by atoms with E-state index in [0.29, 0.717) is 22.6 Å². The van der Waals surface area contributed by atoms with Gasteiger partial charge in [-0.25, -0.2) is 4.98 Å². The van der Waals surface area contributed by atoms with Crippen LogP contribution in [0.4, 0.5) is 13.2 Å². The number of aryl methyl sites for hydroxylation is 2. The second kappa shape index (κ2) is 7.01. The average molecular weight is 414 g/mol. The molecule has 4 aromatic rings. The number of hydrogen-bond acceptors (Lipinski definition) is 3. The maximum absolute atomic E-state index is 13.2. The number of imidazole rings is 1. The molecule has 0 amide bonds. The normalized spacial score (nSPS) is 11.9. The molecule has 30 heavy (non-hydrogen) atoms. The zero-order chi connectivity index (χ0) is 21.6. The Kier molecular flexibility index (Phi) is 4.60. The lowest BCUT2D eigenvalue weighted by atomic mass is 10.0. The number of fused-ring (bicyclic) bond motifs is 1. The molecular formula is C21H17F3N4O2. The van der Waals surface area contributed by atoms with E-state index in [4.69, 9.17) is 0 Å². The topological polar surface area (TPSA) is 61.3 Å². The van der Waals surface area contributed by atoms with E-state index in [-0.39, 0.29) is 17.6 Å². The largest absolute Gasteiger partial charge is 0.416 e. The van der Waals surface area contributed by atoms with Crippen LogP contribution >= 0.6 is 0 Å². The van der Waals surface area contributed by atoms with Crippen LogP contribution in [0.25, 0.3) is 11.3 Å². The molecule has 9 heteroatoms. The minimum atomic E-state index is -4.49. The van der Waals surface area contributed by atoms with Crippen LogP contribution in [0, 0.1) is 13.8 Å². The molecule has 0 atom stereocenters. The molecule has 0 aliphatic rings. The molecule has 0 saturated heterocycles. The Labute approximate surface area is 168 Å². The van der Waals surface area contributed by atoms with Gasteiger partial charge in [-0.2, -0.15) is 13.2 Å². The lowest BCUT2D eigenvalue weighted by Gasteiger charge is -2.17. The van der Waals surface area contributed by atoms with Crippen LogP contribution in [0.15, 0.2) is 64.7 Å². The fourth-order valence-electron chi connectivity index (χ4n) is 3.33. The molecule has 6 nitrogen and oxygen atoms in total. The maximum atomic E-state index is 13.2. The van der Waals surface area contributed by atoms with Gasteiger partial charge in [0.1, 0.15) is 17.7 Å². The van der Waals surface area contributed by atoms with Crippen molar-refractivity contribution in [3.8, 4) is 5.82 Å². The summed E-state index contributed by atoms with van der Waals surface area (Å²) in [4.78, 5) is 29.6. The molecule has 154 valence electrons. The lowest BCUT2D eigenvalue weighted by molar-refractivity contribution is -0.137. The summed E-state index contributed by atoms with van der Waals surface area (Å²) in [6.45, 7) is 3.36. The van der Waals surface area contributed by atoms with Gasteiger partial charge in [0.05, 0.1) is 24.0 Å². The standard InChI is InChI=1S/C21H17F3N4O2/c1-13-6-7-16(21(22,23)24)8-15(13)10-28-18(26-9-14(2)25-12-26)11-27-17(20(28)30)4-3-5-19(27)29/h3-9,11-12H,10H2,1-2H3. The zero-order valence-corrected chi connectivity index (χ0v) is 16.1. The van der Waals surface area contributed by atoms with Crippen molar-refractivity contribution in [3.05, 3.63) is 98.2 Å². The predicted octanol–water partition coefficient (Wildman–Crippen LogP) is 3.33. The summed E-state index contributed by atoms with van der Waals surface area (Å²) in [7, 11) is 0. The van der Waals surface area contributed by atoms with Gasteiger partial charge in [0.2, 0.25) is 0 Å². The molecule has 0 N–H and O–H groups in total. The molecule has 3 heterocycles. The Hall–Kier alpha value is -3.62. The Balaban J connectivity index is 1.98. The minimum absolute atomic E-state index is 0.0965. The van der Waals surface area contributed by atoms with Crippen molar-refractivity contribution in [2.45, 2.75) is 26.6 Å². The average Bonchev–Trinajstić information content (AvgIpc) is 3.11. The second-order valence-electron chi connectivity index (χ2n) is 7.06. The first-order valence-electron chi connectivity index (χ1n) is 9.08. The van der Waals surface area contributed by atoms with Gasteiger partial charge in [0.15, 0.2) is 0 Å². The summed E-state index contributed by atoms with van der Waals surface area (Å²) in [6, 6.07) is 7.75. The highest BCUT2D eigenvalue weighted by atomic mass is 19.4. The highest BCUT2D eigenvalue weighted by Gasteiger charge is 2.30. The second-order valence-corrected chi connectivity index (χ2v) is 7.06. The van der Waals surface area contributed by atoms with Crippen LogP contribution in [-0.4, -0.2) is 18.5 Å². The fraction of sp³-hybridized carbons (Fsp3) is 0.190. The smallest absolute Gasteiger partial charge is 0.290 e. The molecule has 0 saturated carbocycles. The third-order valence-electron chi connectivity index (χ3n) is 4.96. The third kappa shape index (κ3) is 3.42. The van der Waals surface area contributed by atoms with E-state index in [2.05, 4.69) is 4.98 Å². The quantitative estimate of drug-likeness (QED) is 0.517. The lowest BCUT2D eigenvalue weighted by Crippen LogP contribution is -2.30. The molecule has 0 radical (unpaired) electrons. The maximum Gasteiger partial charge on any atom is 0.416 e. The first-order valence-corrected chi connectivity index (χ1v) is 9.08. The Morgan fingerprint density at radius 2 is 1.80 bits per heavy atom. The molecule has 4 rings (SSSR count). The SMILES string of the molecule is Cc1cn(-c2cn3c(=O)cccc3c(=O)n2Cc2cc(C(F)(F)F)ccc2C)cn1. The van der Waals surface area contributed by atoms with Crippen LogP contribution in [0.3, 0.4) is 0 Å². The summed E-state index contributed by atoms with van der Waals surface area (Å²) in [5.41, 5.74) is 0.129. The van der Waals surface area contributed by atoms with Gasteiger partial charge in [0.25, 0.3) is 11.1 Å². The molecular weight excluding hydrogens is 397 g/mol. The van der Waals surface area contributed by atoms with E-state index >= 15 is 0 Å². The highest BCUT2D eigenvalue weighted by Crippen LogP contribution is 2.30. The van der Waals surface area contributed by atoms with Gasteiger partial charge in [-0.05, 0) is 43.2 Å². The van der Waals surface area contributed by atoms with Gasteiger partial charge in [-0.3, -0.25) is 23.1 Å². The van der Waals surface area contributed by atoms with Gasteiger partial charge in [-0.15, -0.1) is 0 Å². The number of pyridine rings is 1. The molecule has 0 bridgehead atoms. The van der Waals surface area contributed by atoms with E-state index in [0.717, 1.165) is 12.1 Å². The van der Waals surface area contributed by atoms with Gasteiger partial charge >= 0.3 is 6.18 Å². The van der Waals surface area contributed by atoms with E-state index in [1.54, 1.807) is 24.6 Å². The van der Waals surface area contributed by atoms with E-state index in [9.17, 15) is 22.8 Å². The summed E-state index contributed by atoms with van der Waals surface area (Å²) in [5.74, 6) is 0.318. The predicted molar refractivity (Wildman–Crippen MR) is 105 cm³/mol. The van der Waals surface area contributed by atoms with Crippen LogP contribution in [0.1, 0.15) is 22.4 Å². The van der Waals surface area contributed by atoms with Crippen molar-refractivity contribution in [2.75, 3.05) is 0 Å². The number of nitrogens with zero attached hydrogens (tertiary/aromatic N) is 4. The van der Waals surface area contributed by atoms with E-state index in [1.807, 2.05) is 0 Å².